The van der Waals surface area contributed by atoms with Crippen LogP contribution < -0.4 is 4.43 Å². The summed E-state index contributed by atoms with van der Waals surface area (Å²) in [5.74, 6) is 0. The van der Waals surface area contributed by atoms with Crippen molar-refractivity contribution < 1.29 is 0 Å². The second kappa shape index (κ2) is 9.84. The van der Waals surface area contributed by atoms with Gasteiger partial charge < -0.3 is 0 Å². The molecule has 0 N–H and O–H groups in total. The van der Waals surface area contributed by atoms with Gasteiger partial charge in [-0.05, 0) is 24.3 Å². The van der Waals surface area contributed by atoms with Crippen molar-refractivity contribution in [3.05, 3.63) is 138 Å². The fourth-order valence-electron chi connectivity index (χ4n) is 2.98. The van der Waals surface area contributed by atoms with Crippen LogP contribution in [-0.2, 0) is 0 Å². The Morgan fingerprint density at radius 3 is 1.81 bits per heavy atom. The Balaban J connectivity index is 0.000000221. The molecule has 0 saturated heterocycles. The van der Waals surface area contributed by atoms with Crippen molar-refractivity contribution in [2.45, 2.75) is 6.92 Å². The first kappa shape index (κ1) is 19.1. The van der Waals surface area contributed by atoms with E-state index >= 15 is 0 Å². The van der Waals surface area contributed by atoms with E-state index in [2.05, 4.69) is 139 Å². The molecule has 0 fully saturated rings. The van der Waals surface area contributed by atoms with Crippen LogP contribution in [0.5, 0.6) is 0 Å². The zero-order chi connectivity index (χ0) is 18.9. The summed E-state index contributed by atoms with van der Waals surface area (Å²) in [7, 11) is 0. The zero-order valence-electron chi connectivity index (χ0n) is 15.5. The molecule has 0 heterocycles. The van der Waals surface area contributed by atoms with Crippen LogP contribution in [-0.4, -0.2) is 16.3 Å². The monoisotopic (exact) mass is 361 g/mol. The normalized spacial score (nSPS) is 12.0. The van der Waals surface area contributed by atoms with E-state index in [1.807, 2.05) is 0 Å². The fraction of sp³-hybridized carbons (Fsp3) is 0.0385. The van der Waals surface area contributed by atoms with Crippen LogP contribution in [0.4, 0.5) is 0 Å². The second-order valence-electron chi connectivity index (χ2n) is 6.39. The molecule has 3 aromatic carbocycles. The van der Waals surface area contributed by atoms with E-state index in [-0.39, 0.29) is 0 Å². The van der Waals surface area contributed by atoms with Gasteiger partial charge in [-0.2, -0.15) is 0 Å². The first-order valence-electron chi connectivity index (χ1n) is 9.09. The third-order valence-electron chi connectivity index (χ3n) is 4.23. The van der Waals surface area contributed by atoms with Crippen LogP contribution in [0.2, 0.25) is 0 Å². The Morgan fingerprint density at radius 2 is 1.37 bits per heavy atom. The Morgan fingerprint density at radius 1 is 0.741 bits per heavy atom. The average Bonchev–Trinajstić information content (AvgIpc) is 2.71. The Kier molecular flexibility index (Phi) is 6.94. The van der Waals surface area contributed by atoms with Crippen LogP contribution in [0.25, 0.3) is 5.57 Å². The van der Waals surface area contributed by atoms with E-state index in [9.17, 15) is 0 Å². The summed E-state index contributed by atoms with van der Waals surface area (Å²) < 4.78 is 1.25. The summed E-state index contributed by atoms with van der Waals surface area (Å²) >= 11 is 2.66. The molecule has 0 spiro atoms. The Hall–Kier alpha value is -2.72. The predicted octanol–water partition coefficient (Wildman–Crippen LogP) is 5.61. The number of hydrogen-bond acceptors (Lipinski definition) is 0. The molecular formula is C26H22Al+3. The maximum atomic E-state index is 2.66. The van der Waals surface area contributed by atoms with Gasteiger partial charge in [0.15, 0.2) is 0 Å². The average molecular weight is 361 g/mol. The predicted molar refractivity (Wildman–Crippen MR) is 118 cm³/mol. The molecule has 0 nitrogen and oxygen atoms in total. The topological polar surface area (TPSA) is 0 Å². The first-order valence-corrected chi connectivity index (χ1v) is 9.67. The molecule has 126 valence electrons. The molecule has 0 aliphatic heterocycles. The third-order valence-corrected chi connectivity index (χ3v) is 4.59. The summed E-state index contributed by atoms with van der Waals surface area (Å²) in [6.07, 6.45) is 10.5. The van der Waals surface area contributed by atoms with Crippen LogP contribution in [0.1, 0.15) is 16.7 Å². The summed E-state index contributed by atoms with van der Waals surface area (Å²) in [4.78, 5) is 0. The van der Waals surface area contributed by atoms with Crippen molar-refractivity contribution in [1.82, 2.24) is 0 Å². The molecule has 0 aromatic heterocycles. The summed E-state index contributed by atoms with van der Waals surface area (Å²) in [5.41, 5.74) is 6.35. The Labute approximate surface area is 171 Å². The number of rotatable bonds is 2. The number of allylic oxidation sites excluding steroid dienone is 5. The third kappa shape index (κ3) is 5.63. The van der Waals surface area contributed by atoms with Gasteiger partial charge in [0.05, 0.1) is 5.57 Å². The van der Waals surface area contributed by atoms with Crippen LogP contribution in [0.15, 0.2) is 115 Å². The molecule has 4 rings (SSSR count). The standard InChI is InChI=1S/C19H15.C7H7.Al/c1-4-10-16(11-5-1)19(17-12-6-2-7-13-17)18-14-8-3-9-15-18;1-7-5-3-2-4-6-7;/h1-15H;2-3,5-6H,1H3;/q+1;;+2. The second-order valence-corrected chi connectivity index (χ2v) is 7.05. The molecule has 1 heteroatoms. The van der Waals surface area contributed by atoms with Crippen molar-refractivity contribution in [3.63, 3.8) is 0 Å². The van der Waals surface area contributed by atoms with Gasteiger partial charge in [0, 0.05) is 41.9 Å². The van der Waals surface area contributed by atoms with Gasteiger partial charge >= 0.3 is 57.5 Å². The van der Waals surface area contributed by atoms with Crippen molar-refractivity contribution in [3.8, 4) is 0 Å². The number of aryl methyl sites for hydroxylation is 1. The van der Waals surface area contributed by atoms with E-state index in [0.29, 0.717) is 0 Å². The molecule has 0 unspecified atom stereocenters. The molecule has 0 radical (unpaired) electrons. The van der Waals surface area contributed by atoms with Gasteiger partial charge in [0.25, 0.3) is 0 Å². The van der Waals surface area contributed by atoms with Gasteiger partial charge in [0.2, 0.25) is 0 Å². The number of benzene rings is 3. The van der Waals surface area contributed by atoms with Gasteiger partial charge in [-0.1, -0.05) is 36.4 Å². The van der Waals surface area contributed by atoms with Gasteiger partial charge in [-0.15, -0.1) is 0 Å². The minimum atomic E-state index is 1.25. The molecule has 1 aliphatic rings. The van der Waals surface area contributed by atoms with E-state index in [1.54, 1.807) is 0 Å². The molecule has 0 bridgehead atoms. The zero-order valence-corrected chi connectivity index (χ0v) is 16.7. The van der Waals surface area contributed by atoms with Crippen molar-refractivity contribution >= 4 is 26.3 Å². The molecule has 0 saturated carbocycles. The minimum absolute atomic E-state index is 1.25. The van der Waals surface area contributed by atoms with E-state index in [0.717, 1.165) is 0 Å². The SMILES string of the molecule is C1=C[CH+]C(=C(c2ccccc2)c2ccccc2)C=C1.Cc1ccc[c]([Al+2])c1. The quantitative estimate of drug-likeness (QED) is 0.411. The Bertz CT molecular complexity index is 889. The van der Waals surface area contributed by atoms with E-state index < -0.39 is 0 Å². The molecule has 1 aliphatic carbocycles. The summed E-state index contributed by atoms with van der Waals surface area (Å²) in [5, 5.41) is 0. The van der Waals surface area contributed by atoms with E-state index in [4.69, 9.17) is 0 Å². The molecular weight excluding hydrogens is 339 g/mol. The van der Waals surface area contributed by atoms with Gasteiger partial charge in [-0.25, -0.2) is 0 Å². The first-order chi connectivity index (χ1) is 13.2. The van der Waals surface area contributed by atoms with Crippen LogP contribution >= 0.6 is 0 Å². The summed E-state index contributed by atoms with van der Waals surface area (Å²) in [6.45, 7) is 2.09. The number of hydrogen-bond donors (Lipinski definition) is 0. The van der Waals surface area contributed by atoms with Gasteiger partial charge in [-0.3, -0.25) is 0 Å². The molecule has 3 aromatic rings. The van der Waals surface area contributed by atoms with Crippen LogP contribution in [0.3, 0.4) is 0 Å². The maximum absolute atomic E-state index is 2.66. The van der Waals surface area contributed by atoms with Crippen molar-refractivity contribution in [2.75, 3.05) is 0 Å². The van der Waals surface area contributed by atoms with Gasteiger partial charge in [0.1, 0.15) is 5.57 Å². The van der Waals surface area contributed by atoms with Crippen LogP contribution in [0, 0.1) is 13.3 Å². The summed E-state index contributed by atoms with van der Waals surface area (Å²) in [6, 6.07) is 29.4. The van der Waals surface area contributed by atoms with E-state index in [1.165, 1.54) is 32.3 Å². The fourth-order valence-corrected chi connectivity index (χ4v) is 3.36. The molecule has 0 amide bonds. The molecule has 0 atom stereocenters. The van der Waals surface area contributed by atoms with Crippen molar-refractivity contribution in [1.29, 1.82) is 0 Å². The molecule has 27 heavy (non-hydrogen) atoms. The van der Waals surface area contributed by atoms with Crippen molar-refractivity contribution in [2.24, 2.45) is 0 Å².